The van der Waals surface area contributed by atoms with E-state index in [4.69, 9.17) is 14.9 Å². The standard InChI is InChI=1S/C19H30N2O.C4H4O4/c1-14(2)18-17-7-9-20-8-6-15(17)13-16-5-4-10-21(19(16)18)11-12-22-3;5-3(6)1-2-4(7)8/h13-14,20H,4-12H2,1-3H3;1-2H,(H,5,6)(H,7,8)/b;2-1+. The third kappa shape index (κ3) is 6.57. The highest BCUT2D eigenvalue weighted by atomic mass is 16.5. The summed E-state index contributed by atoms with van der Waals surface area (Å²) in [5.41, 5.74) is 7.96. The Bertz CT molecular complexity index is 757. The lowest BCUT2D eigenvalue weighted by Crippen LogP contribution is -2.34. The summed E-state index contributed by atoms with van der Waals surface area (Å²) >= 11 is 0. The molecule has 3 rings (SSSR count). The number of carbonyl (C=O) groups is 2. The van der Waals surface area contributed by atoms with Crippen molar-refractivity contribution in [2.24, 2.45) is 0 Å². The maximum Gasteiger partial charge on any atom is 0.328 e. The number of nitrogens with zero attached hydrogens (tertiary/aromatic N) is 1. The van der Waals surface area contributed by atoms with E-state index >= 15 is 0 Å². The van der Waals surface area contributed by atoms with E-state index in [0.717, 1.165) is 26.2 Å². The van der Waals surface area contributed by atoms with Crippen LogP contribution in [0.2, 0.25) is 0 Å². The zero-order valence-corrected chi connectivity index (χ0v) is 18.2. The summed E-state index contributed by atoms with van der Waals surface area (Å²) in [4.78, 5) is 21.7. The zero-order chi connectivity index (χ0) is 22.1. The van der Waals surface area contributed by atoms with Gasteiger partial charge in [-0.15, -0.1) is 0 Å². The SMILES string of the molecule is COCCN1CCCc2cc3c(c(C(C)C)c21)CCNCC3.O=C(O)/C=C/C(=O)O. The van der Waals surface area contributed by atoms with Crippen molar-refractivity contribution in [3.63, 3.8) is 0 Å². The van der Waals surface area contributed by atoms with E-state index in [1.807, 2.05) is 0 Å². The topological polar surface area (TPSA) is 99.1 Å². The molecule has 30 heavy (non-hydrogen) atoms. The number of hydrogen-bond donors (Lipinski definition) is 3. The fraction of sp³-hybridized carbons (Fsp3) is 0.565. The molecular formula is C23H34N2O5. The molecule has 7 heteroatoms. The van der Waals surface area contributed by atoms with Gasteiger partial charge in [-0.05, 0) is 66.9 Å². The first-order valence-corrected chi connectivity index (χ1v) is 10.6. The van der Waals surface area contributed by atoms with Gasteiger partial charge in [0.2, 0.25) is 0 Å². The molecule has 0 atom stereocenters. The largest absolute Gasteiger partial charge is 0.478 e. The average Bonchev–Trinajstić information content (AvgIpc) is 2.94. The second-order valence-electron chi connectivity index (χ2n) is 7.93. The van der Waals surface area contributed by atoms with Crippen molar-refractivity contribution in [2.75, 3.05) is 44.8 Å². The summed E-state index contributed by atoms with van der Waals surface area (Å²) < 4.78 is 5.34. The fourth-order valence-corrected chi connectivity index (χ4v) is 4.26. The van der Waals surface area contributed by atoms with Crippen LogP contribution >= 0.6 is 0 Å². The van der Waals surface area contributed by atoms with E-state index in [9.17, 15) is 9.59 Å². The van der Waals surface area contributed by atoms with Gasteiger partial charge >= 0.3 is 11.9 Å². The Morgan fingerprint density at radius 3 is 2.40 bits per heavy atom. The Balaban J connectivity index is 0.000000343. The molecule has 0 aliphatic carbocycles. The predicted octanol–water partition coefficient (Wildman–Crippen LogP) is 2.61. The second-order valence-corrected chi connectivity index (χ2v) is 7.93. The van der Waals surface area contributed by atoms with Crippen LogP contribution in [-0.4, -0.2) is 62.0 Å². The van der Waals surface area contributed by atoms with E-state index in [2.05, 4.69) is 30.1 Å². The normalized spacial score (nSPS) is 15.8. The lowest BCUT2D eigenvalue weighted by molar-refractivity contribution is -0.134. The molecule has 1 aromatic rings. The molecule has 0 saturated heterocycles. The number of aryl methyl sites for hydroxylation is 1. The fourth-order valence-electron chi connectivity index (χ4n) is 4.26. The molecule has 2 aliphatic rings. The molecule has 7 nitrogen and oxygen atoms in total. The molecule has 0 radical (unpaired) electrons. The molecule has 0 fully saturated rings. The monoisotopic (exact) mass is 418 g/mol. The number of anilines is 1. The van der Waals surface area contributed by atoms with Crippen LogP contribution in [0.1, 0.15) is 48.4 Å². The van der Waals surface area contributed by atoms with E-state index in [1.54, 1.807) is 35.1 Å². The smallest absolute Gasteiger partial charge is 0.328 e. The Morgan fingerprint density at radius 2 is 1.80 bits per heavy atom. The van der Waals surface area contributed by atoms with Crippen molar-refractivity contribution in [3.8, 4) is 0 Å². The number of methoxy groups -OCH3 is 1. The number of nitrogens with one attached hydrogen (secondary N) is 1. The number of carboxylic acids is 2. The average molecular weight is 419 g/mol. The van der Waals surface area contributed by atoms with Crippen LogP contribution in [0.4, 0.5) is 5.69 Å². The van der Waals surface area contributed by atoms with Crippen LogP contribution in [0.5, 0.6) is 0 Å². The van der Waals surface area contributed by atoms with E-state index < -0.39 is 11.9 Å². The van der Waals surface area contributed by atoms with Gasteiger partial charge in [0.15, 0.2) is 0 Å². The summed E-state index contributed by atoms with van der Waals surface area (Å²) in [5.74, 6) is -1.93. The third-order valence-corrected chi connectivity index (χ3v) is 5.44. The van der Waals surface area contributed by atoms with Gasteiger partial charge in [0, 0.05) is 38.0 Å². The number of rotatable bonds is 6. The molecular weight excluding hydrogens is 384 g/mol. The number of benzene rings is 1. The van der Waals surface area contributed by atoms with Crippen molar-refractivity contribution in [1.29, 1.82) is 0 Å². The molecule has 0 bridgehead atoms. The van der Waals surface area contributed by atoms with Crippen molar-refractivity contribution < 1.29 is 24.5 Å². The maximum atomic E-state index is 9.55. The summed E-state index contributed by atoms with van der Waals surface area (Å²) in [6.07, 6.45) is 5.98. The minimum atomic E-state index is -1.26. The summed E-state index contributed by atoms with van der Waals surface area (Å²) in [6, 6.07) is 2.52. The minimum Gasteiger partial charge on any atom is -0.478 e. The van der Waals surface area contributed by atoms with E-state index in [0.29, 0.717) is 18.1 Å². The number of carboxylic acid groups (broad SMARTS) is 2. The Morgan fingerprint density at radius 1 is 1.13 bits per heavy atom. The summed E-state index contributed by atoms with van der Waals surface area (Å²) in [7, 11) is 1.80. The molecule has 1 aromatic carbocycles. The molecule has 0 amide bonds. The van der Waals surface area contributed by atoms with Gasteiger partial charge in [-0.3, -0.25) is 0 Å². The van der Waals surface area contributed by atoms with Gasteiger partial charge in [-0.25, -0.2) is 9.59 Å². The first kappa shape index (κ1) is 23.9. The van der Waals surface area contributed by atoms with Crippen LogP contribution in [-0.2, 0) is 33.6 Å². The second kappa shape index (κ2) is 11.7. The third-order valence-electron chi connectivity index (χ3n) is 5.44. The molecule has 2 heterocycles. The van der Waals surface area contributed by atoms with Crippen LogP contribution in [0.3, 0.4) is 0 Å². The Kier molecular flexibility index (Phi) is 9.33. The molecule has 0 unspecified atom stereocenters. The number of fused-ring (bicyclic) bond motifs is 2. The highest BCUT2D eigenvalue weighted by Gasteiger charge is 2.26. The highest BCUT2D eigenvalue weighted by Crippen LogP contribution is 2.40. The summed E-state index contributed by atoms with van der Waals surface area (Å²) in [6.45, 7) is 9.96. The number of ether oxygens (including phenoxy) is 1. The first-order chi connectivity index (χ1) is 14.3. The van der Waals surface area contributed by atoms with E-state index in [1.165, 1.54) is 32.2 Å². The molecule has 2 aliphatic heterocycles. The van der Waals surface area contributed by atoms with Gasteiger partial charge in [-0.2, -0.15) is 0 Å². The van der Waals surface area contributed by atoms with Gasteiger partial charge in [-0.1, -0.05) is 19.9 Å². The molecule has 0 aromatic heterocycles. The lowest BCUT2D eigenvalue weighted by Gasteiger charge is -2.36. The summed E-state index contributed by atoms with van der Waals surface area (Å²) in [5, 5.41) is 19.2. The predicted molar refractivity (Wildman–Crippen MR) is 118 cm³/mol. The van der Waals surface area contributed by atoms with E-state index in [-0.39, 0.29) is 0 Å². The maximum absolute atomic E-state index is 9.55. The van der Waals surface area contributed by atoms with Gasteiger partial charge in [0.05, 0.1) is 6.61 Å². The molecule has 166 valence electrons. The Hall–Kier alpha value is -2.38. The zero-order valence-electron chi connectivity index (χ0n) is 18.2. The first-order valence-electron chi connectivity index (χ1n) is 10.6. The van der Waals surface area contributed by atoms with Crippen molar-refractivity contribution in [2.45, 2.75) is 45.4 Å². The lowest BCUT2D eigenvalue weighted by atomic mass is 9.84. The van der Waals surface area contributed by atoms with Gasteiger partial charge in [0.25, 0.3) is 0 Å². The van der Waals surface area contributed by atoms with Crippen LogP contribution in [0, 0.1) is 0 Å². The van der Waals surface area contributed by atoms with Gasteiger partial charge in [0.1, 0.15) is 0 Å². The minimum absolute atomic E-state index is 0.558. The van der Waals surface area contributed by atoms with Crippen LogP contribution < -0.4 is 10.2 Å². The van der Waals surface area contributed by atoms with Crippen molar-refractivity contribution >= 4 is 17.6 Å². The molecule has 0 spiro atoms. The molecule has 3 N–H and O–H groups in total. The van der Waals surface area contributed by atoms with Gasteiger partial charge < -0.3 is 25.2 Å². The molecule has 0 saturated carbocycles. The Labute approximate surface area is 178 Å². The number of aliphatic carboxylic acids is 2. The van der Waals surface area contributed by atoms with Crippen molar-refractivity contribution in [3.05, 3.63) is 40.5 Å². The van der Waals surface area contributed by atoms with Crippen LogP contribution in [0.25, 0.3) is 0 Å². The van der Waals surface area contributed by atoms with Crippen LogP contribution in [0.15, 0.2) is 18.2 Å². The van der Waals surface area contributed by atoms with Crippen molar-refractivity contribution in [1.82, 2.24) is 5.32 Å². The number of hydrogen-bond acceptors (Lipinski definition) is 5. The quantitative estimate of drug-likeness (QED) is 0.611. The highest BCUT2D eigenvalue weighted by molar-refractivity contribution is 5.89.